The predicted molar refractivity (Wildman–Crippen MR) is 107 cm³/mol. The highest BCUT2D eigenvalue weighted by atomic mass is 32.2. The Hall–Kier alpha value is -2.54. The van der Waals surface area contributed by atoms with Crippen LogP contribution in [0.1, 0.15) is 11.1 Å². The Bertz CT molecular complexity index is 799. The van der Waals surface area contributed by atoms with Crippen LogP contribution in [-0.2, 0) is 9.59 Å². The van der Waals surface area contributed by atoms with E-state index in [4.69, 9.17) is 4.74 Å². The van der Waals surface area contributed by atoms with Crippen LogP contribution in [0.5, 0.6) is 5.75 Å². The largest absolute Gasteiger partial charge is 0.491 e. The van der Waals surface area contributed by atoms with Crippen LogP contribution in [0.15, 0.2) is 42.5 Å². The van der Waals surface area contributed by atoms with E-state index in [2.05, 4.69) is 10.6 Å². The molecule has 2 N–H and O–H groups in total. The number of aryl methyl sites for hydroxylation is 2. The summed E-state index contributed by atoms with van der Waals surface area (Å²) < 4.78 is 19.1. The number of nitrogens with one attached hydrogen (secondary N) is 2. The maximum Gasteiger partial charge on any atom is 0.234 e. The van der Waals surface area contributed by atoms with Gasteiger partial charge in [-0.25, -0.2) is 4.39 Å². The highest BCUT2D eigenvalue weighted by Gasteiger charge is 2.08. The van der Waals surface area contributed by atoms with Gasteiger partial charge in [-0.05, 0) is 37.6 Å². The maximum absolute atomic E-state index is 13.4. The van der Waals surface area contributed by atoms with Crippen LogP contribution in [0.2, 0.25) is 0 Å². The minimum atomic E-state index is -0.489. The molecule has 0 bridgehead atoms. The smallest absolute Gasteiger partial charge is 0.234 e. The summed E-state index contributed by atoms with van der Waals surface area (Å²) in [5.41, 5.74) is 2.36. The summed E-state index contributed by atoms with van der Waals surface area (Å²) in [4.78, 5) is 23.5. The van der Waals surface area contributed by atoms with E-state index in [1.807, 2.05) is 32.0 Å². The van der Waals surface area contributed by atoms with Crippen LogP contribution in [0, 0.1) is 19.7 Å². The number of benzene rings is 2. The first kappa shape index (κ1) is 20.8. The summed E-state index contributed by atoms with van der Waals surface area (Å²) in [5, 5.41) is 5.22. The van der Waals surface area contributed by atoms with Crippen LogP contribution < -0.4 is 15.4 Å². The third-order valence-electron chi connectivity index (χ3n) is 3.63. The number of anilines is 1. The van der Waals surface area contributed by atoms with E-state index in [0.717, 1.165) is 11.3 Å². The third-order valence-corrected chi connectivity index (χ3v) is 4.56. The van der Waals surface area contributed by atoms with Crippen molar-refractivity contribution in [2.24, 2.45) is 0 Å². The molecule has 0 aliphatic rings. The molecule has 0 unspecified atom stereocenters. The van der Waals surface area contributed by atoms with E-state index >= 15 is 0 Å². The molecule has 0 aliphatic carbocycles. The van der Waals surface area contributed by atoms with Crippen LogP contribution in [0.3, 0.4) is 0 Å². The van der Waals surface area contributed by atoms with Crippen LogP contribution >= 0.6 is 11.8 Å². The topological polar surface area (TPSA) is 67.4 Å². The Labute approximate surface area is 162 Å². The van der Waals surface area contributed by atoms with Gasteiger partial charge in [-0.1, -0.05) is 29.8 Å². The second kappa shape index (κ2) is 10.6. The molecular formula is C20H23FN2O3S. The van der Waals surface area contributed by atoms with E-state index in [1.54, 1.807) is 12.1 Å². The van der Waals surface area contributed by atoms with Gasteiger partial charge in [0.15, 0.2) is 0 Å². The lowest BCUT2D eigenvalue weighted by molar-refractivity contribution is -0.118. The molecule has 2 rings (SSSR count). The Morgan fingerprint density at radius 2 is 1.81 bits per heavy atom. The molecule has 2 aromatic carbocycles. The van der Waals surface area contributed by atoms with Gasteiger partial charge in [0, 0.05) is 0 Å². The fourth-order valence-electron chi connectivity index (χ4n) is 2.35. The molecule has 0 radical (unpaired) electrons. The molecule has 144 valence electrons. The molecule has 0 atom stereocenters. The van der Waals surface area contributed by atoms with Gasteiger partial charge in [-0.2, -0.15) is 0 Å². The molecule has 0 saturated carbocycles. The number of para-hydroxylation sites is 1. The lowest BCUT2D eigenvalue weighted by atomic mass is 10.1. The first-order valence-corrected chi connectivity index (χ1v) is 9.70. The zero-order valence-electron chi connectivity index (χ0n) is 15.4. The standard InChI is InChI=1S/C20H23FN2O3S/c1-14-7-8-18(15(2)11-14)26-10-9-22-19(24)12-27-13-20(25)23-17-6-4-3-5-16(17)21/h3-8,11H,9-10,12-13H2,1-2H3,(H,22,24)(H,23,25). The number of carbonyl (C=O) groups excluding carboxylic acids is 2. The Kier molecular flexibility index (Phi) is 8.13. The summed E-state index contributed by atoms with van der Waals surface area (Å²) in [6.07, 6.45) is 0. The van der Waals surface area contributed by atoms with Crippen molar-refractivity contribution in [3.63, 3.8) is 0 Å². The minimum Gasteiger partial charge on any atom is -0.491 e. The van der Waals surface area contributed by atoms with Crippen molar-refractivity contribution in [3.05, 3.63) is 59.4 Å². The molecule has 0 aliphatic heterocycles. The van der Waals surface area contributed by atoms with Gasteiger partial charge in [0.25, 0.3) is 0 Å². The number of carbonyl (C=O) groups is 2. The van der Waals surface area contributed by atoms with Gasteiger partial charge < -0.3 is 15.4 Å². The minimum absolute atomic E-state index is 0.0703. The fourth-order valence-corrected chi connectivity index (χ4v) is 3.00. The molecule has 0 spiro atoms. The lowest BCUT2D eigenvalue weighted by Crippen LogP contribution is -2.30. The summed E-state index contributed by atoms with van der Waals surface area (Å²) in [6.45, 7) is 4.75. The molecule has 0 aromatic heterocycles. The molecule has 0 fully saturated rings. The van der Waals surface area contributed by atoms with Crippen molar-refractivity contribution in [2.45, 2.75) is 13.8 Å². The van der Waals surface area contributed by atoms with Gasteiger partial charge in [0.2, 0.25) is 11.8 Å². The first-order chi connectivity index (χ1) is 13.0. The molecule has 0 heterocycles. The van der Waals surface area contributed by atoms with Crippen molar-refractivity contribution < 1.29 is 18.7 Å². The second-order valence-electron chi connectivity index (χ2n) is 5.99. The van der Waals surface area contributed by atoms with Crippen molar-refractivity contribution in [1.82, 2.24) is 5.32 Å². The highest BCUT2D eigenvalue weighted by Crippen LogP contribution is 2.18. The summed E-state index contributed by atoms with van der Waals surface area (Å²) in [7, 11) is 0. The van der Waals surface area contributed by atoms with E-state index in [0.29, 0.717) is 13.2 Å². The van der Waals surface area contributed by atoms with Gasteiger partial charge in [-0.3, -0.25) is 9.59 Å². The molecule has 5 nitrogen and oxygen atoms in total. The monoisotopic (exact) mass is 390 g/mol. The predicted octanol–water partition coefficient (Wildman–Crippen LogP) is 3.31. The van der Waals surface area contributed by atoms with Crippen molar-refractivity contribution in [1.29, 1.82) is 0 Å². The van der Waals surface area contributed by atoms with Crippen molar-refractivity contribution >= 4 is 29.3 Å². The zero-order chi connectivity index (χ0) is 19.6. The number of halogens is 1. The van der Waals surface area contributed by atoms with E-state index in [-0.39, 0.29) is 29.0 Å². The second-order valence-corrected chi connectivity index (χ2v) is 6.97. The summed E-state index contributed by atoms with van der Waals surface area (Å²) in [6, 6.07) is 11.9. The number of rotatable bonds is 9. The highest BCUT2D eigenvalue weighted by molar-refractivity contribution is 8.00. The normalized spacial score (nSPS) is 10.3. The van der Waals surface area contributed by atoms with Crippen molar-refractivity contribution in [2.75, 3.05) is 30.0 Å². The fraction of sp³-hybridized carbons (Fsp3) is 0.300. The van der Waals surface area contributed by atoms with E-state index in [9.17, 15) is 14.0 Å². The zero-order valence-corrected chi connectivity index (χ0v) is 16.2. The SMILES string of the molecule is Cc1ccc(OCCNC(=O)CSCC(=O)Nc2ccccc2F)c(C)c1. The molecule has 7 heteroatoms. The Balaban J connectivity index is 1.59. The molecule has 27 heavy (non-hydrogen) atoms. The molecule has 0 saturated heterocycles. The van der Waals surface area contributed by atoms with Crippen LogP contribution in [0.4, 0.5) is 10.1 Å². The van der Waals surface area contributed by atoms with Gasteiger partial charge in [0.05, 0.1) is 23.7 Å². The van der Waals surface area contributed by atoms with Crippen LogP contribution in [0.25, 0.3) is 0 Å². The molecular weight excluding hydrogens is 367 g/mol. The average Bonchev–Trinajstić information content (AvgIpc) is 2.62. The van der Waals surface area contributed by atoms with Gasteiger partial charge in [0.1, 0.15) is 18.2 Å². The average molecular weight is 390 g/mol. The third kappa shape index (κ3) is 7.30. The quantitative estimate of drug-likeness (QED) is 0.645. The van der Waals surface area contributed by atoms with Crippen LogP contribution in [-0.4, -0.2) is 36.5 Å². The number of thioether (sulfide) groups is 1. The summed E-state index contributed by atoms with van der Waals surface area (Å²) in [5.74, 6) is 0.000148. The van der Waals surface area contributed by atoms with Crippen molar-refractivity contribution in [3.8, 4) is 5.75 Å². The molecule has 2 amide bonds. The Morgan fingerprint density at radius 1 is 1.07 bits per heavy atom. The number of hydrogen-bond acceptors (Lipinski definition) is 4. The van der Waals surface area contributed by atoms with E-state index in [1.165, 1.54) is 29.5 Å². The Morgan fingerprint density at radius 3 is 2.56 bits per heavy atom. The molecule has 2 aromatic rings. The summed E-state index contributed by atoms with van der Waals surface area (Å²) >= 11 is 1.17. The number of ether oxygens (including phenoxy) is 1. The maximum atomic E-state index is 13.4. The van der Waals surface area contributed by atoms with E-state index < -0.39 is 5.82 Å². The van der Waals surface area contributed by atoms with Gasteiger partial charge in [-0.15, -0.1) is 11.8 Å². The number of amides is 2. The lowest BCUT2D eigenvalue weighted by Gasteiger charge is -2.10. The first-order valence-electron chi connectivity index (χ1n) is 8.54. The van der Waals surface area contributed by atoms with Gasteiger partial charge >= 0.3 is 0 Å². The number of hydrogen-bond donors (Lipinski definition) is 2.